The van der Waals surface area contributed by atoms with Crippen molar-refractivity contribution < 1.29 is 18.6 Å². The zero-order chi connectivity index (χ0) is 22.6. The molecule has 2 heterocycles. The molecule has 6 nitrogen and oxygen atoms in total. The van der Waals surface area contributed by atoms with E-state index < -0.39 is 0 Å². The predicted octanol–water partition coefficient (Wildman–Crippen LogP) is 5.38. The fourth-order valence-corrected chi connectivity index (χ4v) is 4.07. The van der Waals surface area contributed by atoms with E-state index in [-0.39, 0.29) is 11.2 Å². The van der Waals surface area contributed by atoms with Crippen molar-refractivity contribution in [3.05, 3.63) is 94.3 Å². The maximum absolute atomic E-state index is 13.1. The van der Waals surface area contributed by atoms with Crippen molar-refractivity contribution in [3.8, 4) is 23.0 Å². The molecule has 168 valence electrons. The predicted molar refractivity (Wildman–Crippen MR) is 126 cm³/mol. The van der Waals surface area contributed by atoms with Crippen LogP contribution in [0.4, 0.5) is 0 Å². The van der Waals surface area contributed by atoms with Crippen LogP contribution in [0.1, 0.15) is 17.5 Å². The number of ether oxygens (including phenoxy) is 3. The van der Waals surface area contributed by atoms with Gasteiger partial charge in [-0.15, -0.1) is 0 Å². The summed E-state index contributed by atoms with van der Waals surface area (Å²) in [6.45, 7) is 2.09. The number of nitrogens with zero attached hydrogens (tertiary/aromatic N) is 1. The second-order valence-electron chi connectivity index (χ2n) is 8.04. The number of benzene rings is 3. The molecule has 1 aliphatic rings. The molecule has 0 N–H and O–H groups in total. The van der Waals surface area contributed by atoms with E-state index in [1.165, 1.54) is 11.8 Å². The van der Waals surface area contributed by atoms with Gasteiger partial charge in [0, 0.05) is 13.1 Å². The number of rotatable bonds is 7. The van der Waals surface area contributed by atoms with Crippen LogP contribution in [0.5, 0.6) is 23.0 Å². The van der Waals surface area contributed by atoms with Gasteiger partial charge < -0.3 is 18.6 Å². The number of fused-ring (bicyclic) bond motifs is 3. The molecule has 6 heteroatoms. The molecule has 0 atom stereocenters. The third-order valence-electron chi connectivity index (χ3n) is 5.82. The van der Waals surface area contributed by atoms with E-state index in [1.54, 1.807) is 37.4 Å². The minimum atomic E-state index is -0.212. The Labute approximate surface area is 191 Å². The molecule has 1 aromatic heterocycles. The third-order valence-corrected chi connectivity index (χ3v) is 5.82. The van der Waals surface area contributed by atoms with Crippen molar-refractivity contribution in [1.29, 1.82) is 0 Å². The molecule has 0 amide bonds. The zero-order valence-electron chi connectivity index (χ0n) is 18.5. The lowest BCUT2D eigenvalue weighted by Crippen LogP contribution is -2.33. The minimum absolute atomic E-state index is 0.143. The second kappa shape index (κ2) is 9.38. The summed E-state index contributed by atoms with van der Waals surface area (Å²) in [4.78, 5) is 15.3. The van der Waals surface area contributed by atoms with Gasteiger partial charge in [-0.25, -0.2) is 0 Å². The monoisotopic (exact) mass is 443 g/mol. The van der Waals surface area contributed by atoms with Crippen molar-refractivity contribution in [3.63, 3.8) is 0 Å². The molecule has 0 saturated heterocycles. The Morgan fingerprint density at radius 1 is 0.970 bits per heavy atom. The highest BCUT2D eigenvalue weighted by Gasteiger charge is 2.22. The quantitative estimate of drug-likeness (QED) is 0.382. The molecule has 5 rings (SSSR count). The first kappa shape index (κ1) is 21.1. The number of hydrogen-bond acceptors (Lipinski definition) is 6. The average molecular weight is 443 g/mol. The van der Waals surface area contributed by atoms with E-state index >= 15 is 0 Å². The van der Waals surface area contributed by atoms with E-state index in [4.69, 9.17) is 18.6 Å². The molecule has 4 aromatic rings. The molecule has 0 unspecified atom stereocenters. The Hall–Kier alpha value is -3.77. The van der Waals surface area contributed by atoms with E-state index in [0.29, 0.717) is 35.7 Å². The highest BCUT2D eigenvalue weighted by atomic mass is 16.5. The summed E-state index contributed by atoms with van der Waals surface area (Å²) in [5, 5.41) is 0.481. The Morgan fingerprint density at radius 2 is 1.76 bits per heavy atom. The molecule has 0 fully saturated rings. The average Bonchev–Trinajstić information content (AvgIpc) is 2.86. The summed E-state index contributed by atoms with van der Waals surface area (Å²) in [6, 6.07) is 21.1. The van der Waals surface area contributed by atoms with E-state index in [0.717, 1.165) is 30.7 Å². The highest BCUT2D eigenvalue weighted by Crippen LogP contribution is 2.33. The van der Waals surface area contributed by atoms with Gasteiger partial charge in [-0.1, -0.05) is 30.3 Å². The Kier molecular flexibility index (Phi) is 6.00. The van der Waals surface area contributed by atoms with Gasteiger partial charge in [0.05, 0.1) is 18.1 Å². The lowest BCUT2D eigenvalue weighted by Gasteiger charge is -2.29. The second-order valence-corrected chi connectivity index (χ2v) is 8.04. The minimum Gasteiger partial charge on any atom is -0.497 e. The summed E-state index contributed by atoms with van der Waals surface area (Å²) in [5.74, 6) is 2.15. The van der Waals surface area contributed by atoms with Crippen LogP contribution in [0.25, 0.3) is 11.0 Å². The smallest absolute Gasteiger partial charge is 0.235 e. The fraction of sp³-hybridized carbons (Fsp3) is 0.222. The van der Waals surface area contributed by atoms with E-state index in [9.17, 15) is 4.79 Å². The van der Waals surface area contributed by atoms with Crippen LogP contribution in [0.3, 0.4) is 0 Å². The van der Waals surface area contributed by atoms with Crippen LogP contribution in [-0.2, 0) is 13.0 Å². The Bertz CT molecular complexity index is 1300. The molecule has 0 saturated carbocycles. The third kappa shape index (κ3) is 4.56. The largest absolute Gasteiger partial charge is 0.497 e. The molecule has 0 bridgehead atoms. The first-order valence-corrected chi connectivity index (χ1v) is 11.0. The van der Waals surface area contributed by atoms with Gasteiger partial charge in [-0.05, 0) is 54.8 Å². The molecular formula is C27H25NO5. The van der Waals surface area contributed by atoms with Gasteiger partial charge in [-0.2, -0.15) is 0 Å². The first-order chi connectivity index (χ1) is 16.2. The molecule has 0 aliphatic carbocycles. The first-order valence-electron chi connectivity index (χ1n) is 11.0. The SMILES string of the molecule is COc1ccc(Oc2coc3c4c(ccc3c2=O)OCN(CCCc2ccccc2)C4)cc1. The molecule has 0 radical (unpaired) electrons. The van der Waals surface area contributed by atoms with Gasteiger partial charge in [0.2, 0.25) is 11.2 Å². The molecule has 33 heavy (non-hydrogen) atoms. The van der Waals surface area contributed by atoms with Gasteiger partial charge in [0.15, 0.2) is 0 Å². The van der Waals surface area contributed by atoms with Crippen LogP contribution in [0.15, 0.2) is 82.2 Å². The molecule has 0 spiro atoms. The standard InChI is InChI=1S/C27H25NO5/c1-30-20-9-11-21(12-10-20)33-25-17-31-27-22(26(25)29)13-14-24-23(27)16-28(18-32-24)15-5-8-19-6-3-2-4-7-19/h2-4,6-7,9-14,17H,5,8,15-16,18H2,1H3. The van der Waals surface area contributed by atoms with Crippen molar-refractivity contribution in [1.82, 2.24) is 4.90 Å². The lowest BCUT2D eigenvalue weighted by atomic mass is 10.1. The summed E-state index contributed by atoms with van der Waals surface area (Å²) >= 11 is 0. The Morgan fingerprint density at radius 3 is 2.55 bits per heavy atom. The summed E-state index contributed by atoms with van der Waals surface area (Å²) < 4.78 is 22.8. The van der Waals surface area contributed by atoms with Crippen molar-refractivity contribution >= 4 is 11.0 Å². The van der Waals surface area contributed by atoms with Gasteiger partial charge in [0.25, 0.3) is 0 Å². The van der Waals surface area contributed by atoms with E-state index in [1.807, 2.05) is 12.1 Å². The van der Waals surface area contributed by atoms with Crippen molar-refractivity contribution in [2.75, 3.05) is 20.4 Å². The zero-order valence-corrected chi connectivity index (χ0v) is 18.5. The van der Waals surface area contributed by atoms with Crippen molar-refractivity contribution in [2.45, 2.75) is 19.4 Å². The maximum atomic E-state index is 13.1. The van der Waals surface area contributed by atoms with Gasteiger partial charge in [-0.3, -0.25) is 9.69 Å². The molecule has 3 aromatic carbocycles. The van der Waals surface area contributed by atoms with Crippen LogP contribution in [-0.4, -0.2) is 25.3 Å². The highest BCUT2D eigenvalue weighted by molar-refractivity contribution is 5.83. The van der Waals surface area contributed by atoms with Crippen molar-refractivity contribution in [2.24, 2.45) is 0 Å². The van der Waals surface area contributed by atoms with Crippen LogP contribution >= 0.6 is 0 Å². The summed E-state index contributed by atoms with van der Waals surface area (Å²) in [7, 11) is 1.60. The fourth-order valence-electron chi connectivity index (χ4n) is 4.07. The van der Waals surface area contributed by atoms with E-state index in [2.05, 4.69) is 29.2 Å². The van der Waals surface area contributed by atoms with Gasteiger partial charge >= 0.3 is 0 Å². The van der Waals surface area contributed by atoms with Crippen LogP contribution in [0, 0.1) is 0 Å². The van der Waals surface area contributed by atoms with Crippen LogP contribution in [0.2, 0.25) is 0 Å². The lowest BCUT2D eigenvalue weighted by molar-refractivity contribution is 0.0946. The number of hydrogen-bond donors (Lipinski definition) is 0. The van der Waals surface area contributed by atoms with Gasteiger partial charge in [0.1, 0.15) is 35.8 Å². The maximum Gasteiger partial charge on any atom is 0.235 e. The molecular weight excluding hydrogens is 418 g/mol. The number of methoxy groups -OCH3 is 1. The molecule has 1 aliphatic heterocycles. The normalized spacial score (nSPS) is 13.4. The summed E-state index contributed by atoms with van der Waals surface area (Å²) in [6.07, 6.45) is 3.42. The Balaban J connectivity index is 1.33. The topological polar surface area (TPSA) is 61.1 Å². The summed E-state index contributed by atoms with van der Waals surface area (Å²) in [5.41, 5.74) is 2.56. The number of aryl methyl sites for hydroxylation is 1. The van der Waals surface area contributed by atoms with Crippen LogP contribution < -0.4 is 19.6 Å².